The Hall–Kier alpha value is -0.960. The third kappa shape index (κ3) is 5.20. The Morgan fingerprint density at radius 2 is 2.15 bits per heavy atom. The molecule has 0 atom stereocenters. The number of nitrogens with one attached hydrogen (secondary N) is 3. The Labute approximate surface area is 121 Å². The average Bonchev–Trinajstić information content (AvgIpc) is 2.85. The minimum atomic E-state index is -3.53. The van der Waals surface area contributed by atoms with Crippen molar-refractivity contribution in [2.75, 3.05) is 26.7 Å². The summed E-state index contributed by atoms with van der Waals surface area (Å²) in [4.78, 5) is 2.04. The number of rotatable bonds is 9. The van der Waals surface area contributed by atoms with Gasteiger partial charge in [0.25, 0.3) is 10.0 Å². The van der Waals surface area contributed by atoms with Crippen LogP contribution in [0.1, 0.15) is 26.3 Å². The van der Waals surface area contributed by atoms with Crippen LogP contribution >= 0.6 is 0 Å². The highest BCUT2D eigenvalue weighted by Crippen LogP contribution is 2.11. The lowest BCUT2D eigenvalue weighted by molar-refractivity contribution is 0.358. The quantitative estimate of drug-likeness (QED) is 0.604. The molecule has 0 aliphatic carbocycles. The molecule has 0 spiro atoms. The lowest BCUT2D eigenvalue weighted by Crippen LogP contribution is -2.33. The molecule has 116 valence electrons. The Morgan fingerprint density at radius 3 is 2.75 bits per heavy atom. The van der Waals surface area contributed by atoms with Gasteiger partial charge in [-0.3, -0.25) is 5.10 Å². The van der Waals surface area contributed by atoms with Gasteiger partial charge in [-0.05, 0) is 13.6 Å². The molecule has 1 aromatic heterocycles. The van der Waals surface area contributed by atoms with E-state index in [1.165, 1.54) is 0 Å². The molecular formula is C12H25N5O2S. The summed E-state index contributed by atoms with van der Waals surface area (Å²) in [5.41, 5.74) is 0.648. The molecule has 20 heavy (non-hydrogen) atoms. The highest BCUT2D eigenvalue weighted by Gasteiger charge is 2.20. The van der Waals surface area contributed by atoms with Crippen LogP contribution in [0.15, 0.2) is 11.2 Å². The number of hydrogen-bond donors (Lipinski definition) is 3. The van der Waals surface area contributed by atoms with E-state index in [1.54, 1.807) is 6.20 Å². The van der Waals surface area contributed by atoms with E-state index in [0.717, 1.165) is 6.54 Å². The lowest BCUT2D eigenvalue weighted by atomic mass is 10.3. The van der Waals surface area contributed by atoms with Crippen molar-refractivity contribution in [2.24, 2.45) is 0 Å². The highest BCUT2D eigenvalue weighted by molar-refractivity contribution is 7.89. The maximum atomic E-state index is 12.2. The maximum absolute atomic E-state index is 12.2. The van der Waals surface area contributed by atoms with E-state index in [1.807, 2.05) is 32.7 Å². The minimum Gasteiger partial charge on any atom is -0.310 e. The molecule has 1 aromatic rings. The number of H-pyrrole nitrogens is 1. The van der Waals surface area contributed by atoms with E-state index in [4.69, 9.17) is 0 Å². The van der Waals surface area contributed by atoms with Crippen LogP contribution in [0, 0.1) is 0 Å². The molecule has 0 radical (unpaired) electrons. The SMILES string of the molecule is CCN(C)CCNS(=O)(=O)c1[nH]ncc1CNC(C)C. The maximum Gasteiger partial charge on any atom is 0.257 e. The molecule has 0 bridgehead atoms. The second kappa shape index (κ2) is 7.72. The first-order valence-electron chi connectivity index (χ1n) is 6.80. The molecule has 0 fully saturated rings. The summed E-state index contributed by atoms with van der Waals surface area (Å²) in [5.74, 6) is 0. The van der Waals surface area contributed by atoms with Gasteiger partial charge in [0.15, 0.2) is 5.03 Å². The summed E-state index contributed by atoms with van der Waals surface area (Å²) in [5, 5.41) is 9.73. The van der Waals surface area contributed by atoms with Crippen molar-refractivity contribution >= 4 is 10.0 Å². The fraction of sp³-hybridized carbons (Fsp3) is 0.750. The van der Waals surface area contributed by atoms with E-state index in [9.17, 15) is 8.42 Å². The van der Waals surface area contributed by atoms with Gasteiger partial charge in [0.2, 0.25) is 0 Å². The molecule has 0 aromatic carbocycles. The van der Waals surface area contributed by atoms with Crippen LogP contribution in [-0.4, -0.2) is 56.2 Å². The zero-order valence-electron chi connectivity index (χ0n) is 12.6. The van der Waals surface area contributed by atoms with Crippen molar-refractivity contribution in [1.82, 2.24) is 25.1 Å². The van der Waals surface area contributed by atoms with Crippen molar-refractivity contribution in [1.29, 1.82) is 0 Å². The van der Waals surface area contributed by atoms with Gasteiger partial charge in [0, 0.05) is 31.2 Å². The molecule has 0 saturated carbocycles. The molecule has 0 aliphatic heterocycles. The molecular weight excluding hydrogens is 278 g/mol. The first-order chi connectivity index (χ1) is 9.36. The molecule has 0 unspecified atom stereocenters. The summed E-state index contributed by atoms with van der Waals surface area (Å²) >= 11 is 0. The molecule has 7 nitrogen and oxygen atoms in total. The Morgan fingerprint density at radius 1 is 1.45 bits per heavy atom. The molecule has 0 aliphatic rings. The highest BCUT2D eigenvalue weighted by atomic mass is 32.2. The van der Waals surface area contributed by atoms with Gasteiger partial charge in [-0.2, -0.15) is 5.10 Å². The lowest BCUT2D eigenvalue weighted by Gasteiger charge is -2.14. The number of nitrogens with zero attached hydrogens (tertiary/aromatic N) is 2. The van der Waals surface area contributed by atoms with Crippen LogP contribution in [0.2, 0.25) is 0 Å². The molecule has 8 heteroatoms. The average molecular weight is 303 g/mol. The summed E-state index contributed by atoms with van der Waals surface area (Å²) in [7, 11) is -1.59. The van der Waals surface area contributed by atoms with Crippen LogP contribution in [0.25, 0.3) is 0 Å². The normalized spacial score (nSPS) is 12.5. The van der Waals surface area contributed by atoms with Crippen LogP contribution in [-0.2, 0) is 16.6 Å². The fourth-order valence-corrected chi connectivity index (χ4v) is 2.72. The van der Waals surface area contributed by atoms with E-state index < -0.39 is 10.0 Å². The van der Waals surface area contributed by atoms with E-state index in [-0.39, 0.29) is 11.1 Å². The summed E-state index contributed by atoms with van der Waals surface area (Å²) in [6, 6.07) is 0.284. The zero-order valence-corrected chi connectivity index (χ0v) is 13.4. The number of sulfonamides is 1. The molecule has 1 heterocycles. The number of hydrogen-bond acceptors (Lipinski definition) is 5. The van der Waals surface area contributed by atoms with Crippen molar-refractivity contribution in [2.45, 2.75) is 38.4 Å². The fourth-order valence-electron chi connectivity index (χ4n) is 1.57. The molecule has 1 rings (SSSR count). The smallest absolute Gasteiger partial charge is 0.257 e. The topological polar surface area (TPSA) is 90.1 Å². The predicted molar refractivity (Wildman–Crippen MR) is 78.9 cm³/mol. The molecule has 3 N–H and O–H groups in total. The monoisotopic (exact) mass is 303 g/mol. The van der Waals surface area contributed by atoms with Gasteiger partial charge in [0.05, 0.1) is 6.20 Å². The van der Waals surface area contributed by atoms with Gasteiger partial charge in [0.1, 0.15) is 0 Å². The second-order valence-electron chi connectivity index (χ2n) is 5.05. The number of likely N-dealkylation sites (N-methyl/N-ethyl adjacent to an activating group) is 1. The minimum absolute atomic E-state index is 0.143. The summed E-state index contributed by atoms with van der Waals surface area (Å²) in [6.45, 7) is 8.44. The van der Waals surface area contributed by atoms with Gasteiger partial charge in [-0.1, -0.05) is 20.8 Å². The molecule has 0 amide bonds. The van der Waals surface area contributed by atoms with E-state index in [2.05, 4.69) is 20.2 Å². The van der Waals surface area contributed by atoms with Crippen LogP contribution in [0.3, 0.4) is 0 Å². The van der Waals surface area contributed by atoms with Crippen LogP contribution < -0.4 is 10.0 Å². The van der Waals surface area contributed by atoms with Crippen molar-refractivity contribution in [3.8, 4) is 0 Å². The van der Waals surface area contributed by atoms with Gasteiger partial charge in [-0.15, -0.1) is 0 Å². The Bertz CT molecular complexity index is 498. The Kier molecular flexibility index (Phi) is 6.60. The van der Waals surface area contributed by atoms with E-state index >= 15 is 0 Å². The zero-order chi connectivity index (χ0) is 15.2. The van der Waals surface area contributed by atoms with Crippen molar-refractivity contribution < 1.29 is 8.42 Å². The largest absolute Gasteiger partial charge is 0.310 e. The first-order valence-corrected chi connectivity index (χ1v) is 8.29. The van der Waals surface area contributed by atoms with Gasteiger partial charge >= 0.3 is 0 Å². The first kappa shape index (κ1) is 17.1. The van der Waals surface area contributed by atoms with Crippen molar-refractivity contribution in [3.05, 3.63) is 11.8 Å². The van der Waals surface area contributed by atoms with Crippen LogP contribution in [0.4, 0.5) is 0 Å². The van der Waals surface area contributed by atoms with E-state index in [0.29, 0.717) is 25.2 Å². The van der Waals surface area contributed by atoms with Gasteiger partial charge in [-0.25, -0.2) is 13.1 Å². The third-order valence-corrected chi connectivity index (χ3v) is 4.45. The van der Waals surface area contributed by atoms with Gasteiger partial charge < -0.3 is 10.2 Å². The summed E-state index contributed by atoms with van der Waals surface area (Å²) < 4.78 is 27.0. The number of aromatic amines is 1. The van der Waals surface area contributed by atoms with Crippen LogP contribution in [0.5, 0.6) is 0 Å². The predicted octanol–water partition coefficient (Wildman–Crippen LogP) is 0.138. The molecule has 0 saturated heterocycles. The standard InChI is InChI=1S/C12H25N5O2S/c1-5-17(4)7-6-15-20(18,19)12-11(9-14-16-12)8-13-10(2)3/h9-10,13,15H,5-8H2,1-4H3,(H,14,16). The summed E-state index contributed by atoms with van der Waals surface area (Å²) in [6.07, 6.45) is 1.54. The third-order valence-electron chi connectivity index (χ3n) is 2.97. The number of aromatic nitrogens is 2. The second-order valence-corrected chi connectivity index (χ2v) is 6.76. The van der Waals surface area contributed by atoms with Crippen molar-refractivity contribution in [3.63, 3.8) is 0 Å². The Balaban J connectivity index is 2.65.